The number of aromatic nitrogens is 3. The quantitative estimate of drug-likeness (QED) is 0.615. The van der Waals surface area contributed by atoms with E-state index in [1.165, 1.54) is 12.1 Å². The molecule has 4 heterocycles. The Hall–Kier alpha value is -3.68. The van der Waals surface area contributed by atoms with Gasteiger partial charge in [-0.05, 0) is 49.6 Å². The first-order valence-corrected chi connectivity index (χ1v) is 11.1. The molecule has 2 aromatic heterocycles. The highest BCUT2D eigenvalue weighted by Gasteiger charge is 2.34. The average molecular weight is 445 g/mol. The minimum atomic E-state index is -0.334. The maximum absolute atomic E-state index is 13.7. The number of carbonyl (C=O) groups is 2. The number of amides is 2. The molecule has 0 bridgehead atoms. The van der Waals surface area contributed by atoms with Crippen LogP contribution < -0.4 is 4.90 Å². The van der Waals surface area contributed by atoms with Gasteiger partial charge in [0.1, 0.15) is 23.2 Å². The number of piperidine rings is 1. The lowest BCUT2D eigenvalue weighted by molar-refractivity contribution is -0.117. The van der Waals surface area contributed by atoms with Crippen LogP contribution in [0.3, 0.4) is 0 Å². The zero-order chi connectivity index (χ0) is 22.9. The predicted octanol–water partition coefficient (Wildman–Crippen LogP) is 3.43. The maximum atomic E-state index is 13.7. The number of benzene rings is 1. The molecule has 1 fully saturated rings. The van der Waals surface area contributed by atoms with E-state index < -0.39 is 0 Å². The molecule has 2 amide bonds. The van der Waals surface area contributed by atoms with E-state index in [-0.39, 0.29) is 36.5 Å². The van der Waals surface area contributed by atoms with Gasteiger partial charge in [0.2, 0.25) is 5.91 Å². The molecule has 168 valence electrons. The number of rotatable bonds is 4. The summed E-state index contributed by atoms with van der Waals surface area (Å²) in [4.78, 5) is 42.8. The molecule has 0 unspecified atom stereocenters. The first-order valence-electron chi connectivity index (χ1n) is 11.1. The fourth-order valence-corrected chi connectivity index (χ4v) is 4.58. The molecular weight excluding hydrogens is 421 g/mol. The lowest BCUT2D eigenvalue weighted by Crippen LogP contribution is -2.40. The number of hydrogen-bond acceptors (Lipinski definition) is 5. The van der Waals surface area contributed by atoms with E-state index in [0.29, 0.717) is 36.0 Å². The Morgan fingerprint density at radius 3 is 2.85 bits per heavy atom. The van der Waals surface area contributed by atoms with Crippen LogP contribution in [0.15, 0.2) is 48.7 Å². The number of aryl methyl sites for hydroxylation is 1. The van der Waals surface area contributed by atoms with Crippen molar-refractivity contribution in [2.45, 2.75) is 38.6 Å². The van der Waals surface area contributed by atoms with Gasteiger partial charge < -0.3 is 4.90 Å². The molecule has 0 saturated carbocycles. The summed E-state index contributed by atoms with van der Waals surface area (Å²) >= 11 is 0. The summed E-state index contributed by atoms with van der Waals surface area (Å²) in [6.07, 6.45) is 3.56. The van der Waals surface area contributed by atoms with Gasteiger partial charge in [0.25, 0.3) is 5.91 Å². The number of halogens is 1. The van der Waals surface area contributed by atoms with Crippen LogP contribution in [0.2, 0.25) is 0 Å². The van der Waals surface area contributed by atoms with Gasteiger partial charge in [-0.15, -0.1) is 0 Å². The number of hydrogen-bond donors (Lipinski definition) is 0. The molecule has 2 aliphatic heterocycles. The van der Waals surface area contributed by atoms with Crippen molar-refractivity contribution in [1.82, 2.24) is 19.9 Å². The molecule has 1 atom stereocenters. The molecule has 2 aliphatic rings. The average Bonchev–Trinajstić information content (AvgIpc) is 3.15. The number of fused-ring (bicyclic) bond motifs is 1. The van der Waals surface area contributed by atoms with Gasteiger partial charge in [-0.3, -0.25) is 19.5 Å². The molecular formula is C25H24FN5O2. The lowest BCUT2D eigenvalue weighted by Gasteiger charge is -2.32. The van der Waals surface area contributed by atoms with E-state index in [1.807, 2.05) is 6.92 Å². The van der Waals surface area contributed by atoms with Crippen LogP contribution in [0, 0.1) is 12.7 Å². The smallest absolute Gasteiger partial charge is 0.272 e. The van der Waals surface area contributed by atoms with Crippen molar-refractivity contribution in [3.05, 3.63) is 82.8 Å². The van der Waals surface area contributed by atoms with Crippen LogP contribution >= 0.6 is 0 Å². The second kappa shape index (κ2) is 8.69. The Balaban J connectivity index is 1.41. The largest absolute Gasteiger partial charge is 0.337 e. The topological polar surface area (TPSA) is 79.3 Å². The van der Waals surface area contributed by atoms with Crippen molar-refractivity contribution in [2.75, 3.05) is 18.0 Å². The summed E-state index contributed by atoms with van der Waals surface area (Å²) in [6, 6.07) is 11.6. The van der Waals surface area contributed by atoms with E-state index in [0.717, 1.165) is 24.1 Å². The fraction of sp³-hybridized carbons (Fsp3) is 0.320. The number of likely N-dealkylation sites (tertiary alicyclic amines) is 1. The fourth-order valence-electron chi connectivity index (χ4n) is 4.58. The van der Waals surface area contributed by atoms with Crippen LogP contribution in [-0.2, 0) is 17.8 Å². The molecule has 1 aromatic carbocycles. The Morgan fingerprint density at radius 1 is 1.18 bits per heavy atom. The zero-order valence-electron chi connectivity index (χ0n) is 18.4. The number of anilines is 1. The van der Waals surface area contributed by atoms with Crippen LogP contribution in [0.5, 0.6) is 0 Å². The summed E-state index contributed by atoms with van der Waals surface area (Å²) in [7, 11) is 0. The van der Waals surface area contributed by atoms with Crippen molar-refractivity contribution in [3.8, 4) is 0 Å². The molecule has 0 aliphatic carbocycles. The predicted molar refractivity (Wildman–Crippen MR) is 120 cm³/mol. The summed E-state index contributed by atoms with van der Waals surface area (Å²) in [5.74, 6) is 0.713. The normalized spacial score (nSPS) is 17.9. The van der Waals surface area contributed by atoms with E-state index in [4.69, 9.17) is 9.97 Å². The van der Waals surface area contributed by atoms with Crippen LogP contribution in [0.25, 0.3) is 0 Å². The van der Waals surface area contributed by atoms with Gasteiger partial charge in [-0.1, -0.05) is 18.2 Å². The van der Waals surface area contributed by atoms with E-state index in [9.17, 15) is 14.0 Å². The van der Waals surface area contributed by atoms with Crippen molar-refractivity contribution < 1.29 is 14.0 Å². The molecule has 0 radical (unpaired) electrons. The maximum Gasteiger partial charge on any atom is 0.272 e. The molecule has 8 heteroatoms. The van der Waals surface area contributed by atoms with Gasteiger partial charge in [0.05, 0.1) is 13.0 Å². The van der Waals surface area contributed by atoms with Crippen molar-refractivity contribution in [2.24, 2.45) is 0 Å². The Morgan fingerprint density at radius 2 is 2.06 bits per heavy atom. The van der Waals surface area contributed by atoms with Gasteiger partial charge in [0, 0.05) is 36.5 Å². The number of carbonyl (C=O) groups excluding carboxylic acids is 2. The number of nitrogens with zero attached hydrogens (tertiary/aromatic N) is 5. The highest BCUT2D eigenvalue weighted by molar-refractivity contribution is 6.00. The molecule has 0 spiro atoms. The second-order valence-electron chi connectivity index (χ2n) is 8.56. The van der Waals surface area contributed by atoms with Gasteiger partial charge in [0.15, 0.2) is 0 Å². The Labute approximate surface area is 191 Å². The van der Waals surface area contributed by atoms with Crippen molar-refractivity contribution in [3.63, 3.8) is 0 Å². The summed E-state index contributed by atoms with van der Waals surface area (Å²) < 4.78 is 13.7. The first-order chi connectivity index (χ1) is 16.0. The van der Waals surface area contributed by atoms with Gasteiger partial charge in [-0.2, -0.15) is 0 Å². The molecule has 3 aromatic rings. The third-order valence-corrected chi connectivity index (χ3v) is 6.28. The highest BCUT2D eigenvalue weighted by atomic mass is 19.1. The summed E-state index contributed by atoms with van der Waals surface area (Å²) in [5.41, 5.74) is 2.73. The van der Waals surface area contributed by atoms with E-state index >= 15 is 0 Å². The molecule has 1 saturated heterocycles. The van der Waals surface area contributed by atoms with Crippen LogP contribution in [-0.4, -0.2) is 44.8 Å². The third kappa shape index (κ3) is 4.20. The second-order valence-corrected chi connectivity index (χ2v) is 8.56. The van der Waals surface area contributed by atoms with Crippen molar-refractivity contribution >= 4 is 17.6 Å². The minimum Gasteiger partial charge on any atom is -0.337 e. The highest BCUT2D eigenvalue weighted by Crippen LogP contribution is 2.33. The number of pyridine rings is 1. The Bertz CT molecular complexity index is 1220. The first kappa shape index (κ1) is 21.2. The van der Waals surface area contributed by atoms with Crippen LogP contribution in [0.1, 0.15) is 51.9 Å². The monoisotopic (exact) mass is 445 g/mol. The van der Waals surface area contributed by atoms with Gasteiger partial charge >= 0.3 is 0 Å². The van der Waals surface area contributed by atoms with E-state index in [2.05, 4.69) is 4.98 Å². The Kier molecular flexibility index (Phi) is 5.58. The van der Waals surface area contributed by atoms with Gasteiger partial charge in [-0.25, -0.2) is 14.4 Å². The SMILES string of the molecule is Cc1nc([C@@H]2CCCN(C(=O)c3ccccn3)C2)nc2c1CC(=O)N2Cc1cccc(F)c1. The third-order valence-electron chi connectivity index (χ3n) is 6.28. The summed E-state index contributed by atoms with van der Waals surface area (Å²) in [6.45, 7) is 3.32. The van der Waals surface area contributed by atoms with Crippen molar-refractivity contribution in [1.29, 1.82) is 0 Å². The zero-order valence-corrected chi connectivity index (χ0v) is 18.4. The summed E-state index contributed by atoms with van der Waals surface area (Å²) in [5, 5.41) is 0. The van der Waals surface area contributed by atoms with Crippen LogP contribution in [0.4, 0.5) is 10.2 Å². The molecule has 7 nitrogen and oxygen atoms in total. The molecule has 33 heavy (non-hydrogen) atoms. The molecule has 5 rings (SSSR count). The van der Waals surface area contributed by atoms with E-state index in [1.54, 1.807) is 46.3 Å². The lowest BCUT2D eigenvalue weighted by atomic mass is 9.96. The minimum absolute atomic E-state index is 0.0258. The molecule has 0 N–H and O–H groups in total. The standard InChI is InChI=1S/C25H24FN5O2/c1-16-20-13-22(32)31(14-17-6-4-8-19(26)12-17)24(20)29-23(28-16)18-7-5-11-30(15-18)25(33)21-9-2-3-10-27-21/h2-4,6,8-10,12,18H,5,7,11,13-15H2,1H3/t18-/m1/s1.